The van der Waals surface area contributed by atoms with Crippen molar-refractivity contribution in [3.05, 3.63) is 28.8 Å². The maximum absolute atomic E-state index is 9.86. The maximum atomic E-state index is 9.86. The lowest BCUT2D eigenvalue weighted by molar-refractivity contribution is -0.00902. The molecule has 0 aromatic heterocycles. The number of halogens is 1. The number of aliphatic hydroxyl groups is 1. The standard InChI is InChI=1S/C10H12ClNO2/c11-8-3-7(1-2-9(8)13)4-10(14)5-12-6-10/h1-3,12-14H,4-6H2. The van der Waals surface area contributed by atoms with Crippen molar-refractivity contribution in [2.75, 3.05) is 13.1 Å². The van der Waals surface area contributed by atoms with Gasteiger partial charge in [-0.2, -0.15) is 0 Å². The highest BCUT2D eigenvalue weighted by atomic mass is 35.5. The number of phenols is 1. The topological polar surface area (TPSA) is 52.5 Å². The molecule has 0 spiro atoms. The van der Waals surface area contributed by atoms with Crippen LogP contribution in [0.25, 0.3) is 0 Å². The third-order valence-corrected chi connectivity index (χ3v) is 2.76. The van der Waals surface area contributed by atoms with Crippen LogP contribution in [0.1, 0.15) is 5.56 Å². The van der Waals surface area contributed by atoms with Crippen molar-refractivity contribution in [2.24, 2.45) is 0 Å². The van der Waals surface area contributed by atoms with E-state index in [-0.39, 0.29) is 5.75 Å². The van der Waals surface area contributed by atoms with Crippen LogP contribution < -0.4 is 5.32 Å². The second kappa shape index (κ2) is 3.42. The molecule has 1 saturated heterocycles. The molecule has 0 atom stereocenters. The van der Waals surface area contributed by atoms with Gasteiger partial charge >= 0.3 is 0 Å². The first-order valence-electron chi connectivity index (χ1n) is 4.50. The van der Waals surface area contributed by atoms with Crippen molar-refractivity contribution in [3.63, 3.8) is 0 Å². The number of phenolic OH excluding ortho intramolecular Hbond substituents is 1. The lowest BCUT2D eigenvalue weighted by Crippen LogP contribution is -2.60. The fourth-order valence-corrected chi connectivity index (χ4v) is 1.78. The summed E-state index contributed by atoms with van der Waals surface area (Å²) in [5, 5.41) is 22.4. The first kappa shape index (κ1) is 9.77. The third-order valence-electron chi connectivity index (χ3n) is 2.45. The number of nitrogens with one attached hydrogen (secondary N) is 1. The molecular formula is C10H12ClNO2. The molecule has 76 valence electrons. The van der Waals surface area contributed by atoms with Gasteiger partial charge in [0.2, 0.25) is 0 Å². The minimum Gasteiger partial charge on any atom is -0.506 e. The van der Waals surface area contributed by atoms with Crippen LogP contribution in [0, 0.1) is 0 Å². The molecule has 3 N–H and O–H groups in total. The molecule has 1 aliphatic heterocycles. The van der Waals surface area contributed by atoms with Crippen LogP contribution in [0.3, 0.4) is 0 Å². The summed E-state index contributed by atoms with van der Waals surface area (Å²) in [4.78, 5) is 0. The van der Waals surface area contributed by atoms with E-state index in [1.54, 1.807) is 18.2 Å². The van der Waals surface area contributed by atoms with Crippen LogP contribution in [-0.4, -0.2) is 28.9 Å². The average molecular weight is 214 g/mol. The number of aromatic hydroxyl groups is 1. The van der Waals surface area contributed by atoms with Crippen molar-refractivity contribution < 1.29 is 10.2 Å². The number of benzene rings is 1. The van der Waals surface area contributed by atoms with Gasteiger partial charge in [0.1, 0.15) is 5.75 Å². The van der Waals surface area contributed by atoms with E-state index in [1.165, 1.54) is 0 Å². The molecule has 14 heavy (non-hydrogen) atoms. The van der Waals surface area contributed by atoms with Gasteiger partial charge in [-0.3, -0.25) is 0 Å². The van der Waals surface area contributed by atoms with Crippen LogP contribution in [0.5, 0.6) is 5.75 Å². The Morgan fingerprint density at radius 3 is 2.64 bits per heavy atom. The molecule has 0 aliphatic carbocycles. The van der Waals surface area contributed by atoms with Gasteiger partial charge in [-0.15, -0.1) is 0 Å². The number of β-amino-alcohol motifs (C(OH)–C–C–N with tert-alkyl or cyclic N) is 1. The molecule has 0 unspecified atom stereocenters. The molecule has 0 radical (unpaired) electrons. The Morgan fingerprint density at radius 1 is 1.43 bits per heavy atom. The van der Waals surface area contributed by atoms with Gasteiger partial charge in [0.05, 0.1) is 10.6 Å². The number of hydrogen-bond acceptors (Lipinski definition) is 3. The highest BCUT2D eigenvalue weighted by Crippen LogP contribution is 2.26. The Morgan fingerprint density at radius 2 is 2.14 bits per heavy atom. The van der Waals surface area contributed by atoms with Crippen molar-refractivity contribution in [2.45, 2.75) is 12.0 Å². The first-order valence-corrected chi connectivity index (χ1v) is 4.87. The van der Waals surface area contributed by atoms with Crippen LogP contribution in [0.15, 0.2) is 18.2 Å². The van der Waals surface area contributed by atoms with Gasteiger partial charge in [-0.05, 0) is 17.7 Å². The predicted molar refractivity (Wildman–Crippen MR) is 54.6 cm³/mol. The van der Waals surface area contributed by atoms with E-state index in [9.17, 15) is 10.2 Å². The summed E-state index contributed by atoms with van der Waals surface area (Å²) in [6, 6.07) is 5.01. The molecule has 1 aromatic carbocycles. The highest BCUT2D eigenvalue weighted by Gasteiger charge is 2.34. The van der Waals surface area contributed by atoms with Crippen molar-refractivity contribution in [3.8, 4) is 5.75 Å². The van der Waals surface area contributed by atoms with Crippen molar-refractivity contribution in [1.29, 1.82) is 0 Å². The zero-order valence-corrected chi connectivity index (χ0v) is 8.38. The number of hydrogen-bond donors (Lipinski definition) is 3. The summed E-state index contributed by atoms with van der Waals surface area (Å²) in [5.41, 5.74) is 0.303. The van der Waals surface area contributed by atoms with Gasteiger partial charge < -0.3 is 15.5 Å². The second-order valence-electron chi connectivity index (χ2n) is 3.79. The normalized spacial score (nSPS) is 19.0. The van der Waals surface area contributed by atoms with Gasteiger partial charge in [-0.1, -0.05) is 17.7 Å². The summed E-state index contributed by atoms with van der Waals surface area (Å²) < 4.78 is 0. The van der Waals surface area contributed by atoms with Crippen LogP contribution in [0.4, 0.5) is 0 Å². The zero-order chi connectivity index (χ0) is 10.2. The Labute approximate surface area is 87.3 Å². The van der Waals surface area contributed by atoms with E-state index in [0.717, 1.165) is 5.56 Å². The molecule has 1 aromatic rings. The molecule has 0 amide bonds. The van der Waals surface area contributed by atoms with Crippen LogP contribution in [0.2, 0.25) is 5.02 Å². The van der Waals surface area contributed by atoms with Crippen LogP contribution in [-0.2, 0) is 6.42 Å². The predicted octanol–water partition coefficient (Wildman–Crippen LogP) is 0.922. The minimum absolute atomic E-state index is 0.0779. The summed E-state index contributed by atoms with van der Waals surface area (Å²) in [6.07, 6.45) is 0.569. The summed E-state index contributed by atoms with van der Waals surface area (Å²) in [5.74, 6) is 0.0779. The smallest absolute Gasteiger partial charge is 0.134 e. The largest absolute Gasteiger partial charge is 0.506 e. The summed E-state index contributed by atoms with van der Waals surface area (Å²) >= 11 is 5.76. The van der Waals surface area contributed by atoms with Gasteiger partial charge in [0, 0.05) is 19.5 Å². The van der Waals surface area contributed by atoms with Crippen molar-refractivity contribution in [1.82, 2.24) is 5.32 Å². The minimum atomic E-state index is -0.639. The second-order valence-corrected chi connectivity index (χ2v) is 4.20. The fraction of sp³-hybridized carbons (Fsp3) is 0.400. The van der Waals surface area contributed by atoms with E-state index in [0.29, 0.717) is 24.5 Å². The molecule has 3 nitrogen and oxygen atoms in total. The maximum Gasteiger partial charge on any atom is 0.134 e. The molecule has 1 fully saturated rings. The lowest BCUT2D eigenvalue weighted by atomic mass is 9.89. The Bertz CT molecular complexity index is 350. The quantitative estimate of drug-likeness (QED) is 0.685. The Kier molecular flexibility index (Phi) is 2.39. The molecule has 0 bridgehead atoms. The summed E-state index contributed by atoms with van der Waals surface area (Å²) in [6.45, 7) is 1.23. The Hall–Kier alpha value is -0.770. The van der Waals surface area contributed by atoms with Crippen molar-refractivity contribution >= 4 is 11.6 Å². The van der Waals surface area contributed by atoms with E-state index in [1.807, 2.05) is 0 Å². The number of rotatable bonds is 2. The molecular weight excluding hydrogens is 202 g/mol. The monoisotopic (exact) mass is 213 g/mol. The SMILES string of the molecule is Oc1ccc(CC2(O)CNC2)cc1Cl. The fourth-order valence-electron chi connectivity index (χ4n) is 1.58. The third kappa shape index (κ3) is 1.85. The van der Waals surface area contributed by atoms with Gasteiger partial charge in [0.25, 0.3) is 0 Å². The van der Waals surface area contributed by atoms with Gasteiger partial charge in [-0.25, -0.2) is 0 Å². The molecule has 4 heteroatoms. The molecule has 1 heterocycles. The van der Waals surface area contributed by atoms with E-state index in [2.05, 4.69) is 5.32 Å². The first-order chi connectivity index (χ1) is 6.59. The molecule has 1 aliphatic rings. The zero-order valence-electron chi connectivity index (χ0n) is 7.63. The molecule has 2 rings (SSSR count). The lowest BCUT2D eigenvalue weighted by Gasteiger charge is -2.37. The highest BCUT2D eigenvalue weighted by molar-refractivity contribution is 6.32. The molecule has 0 saturated carbocycles. The average Bonchev–Trinajstić information content (AvgIpc) is 2.09. The Balaban J connectivity index is 2.13. The van der Waals surface area contributed by atoms with Crippen LogP contribution >= 0.6 is 11.6 Å². The summed E-state index contributed by atoms with van der Waals surface area (Å²) in [7, 11) is 0. The van der Waals surface area contributed by atoms with E-state index < -0.39 is 5.60 Å². The van der Waals surface area contributed by atoms with Gasteiger partial charge in [0.15, 0.2) is 0 Å². The van der Waals surface area contributed by atoms with E-state index in [4.69, 9.17) is 11.6 Å². The van der Waals surface area contributed by atoms with E-state index >= 15 is 0 Å².